The van der Waals surface area contributed by atoms with Crippen molar-refractivity contribution in [3.05, 3.63) is 71.3 Å². The second-order valence-electron chi connectivity index (χ2n) is 8.34. The van der Waals surface area contributed by atoms with Crippen LogP contribution in [0.4, 0.5) is 0 Å². The molecule has 1 saturated carbocycles. The van der Waals surface area contributed by atoms with E-state index in [0.717, 1.165) is 42.4 Å². The van der Waals surface area contributed by atoms with E-state index in [1.807, 2.05) is 42.5 Å². The molecule has 0 aromatic heterocycles. The van der Waals surface area contributed by atoms with Gasteiger partial charge in [-0.05, 0) is 29.5 Å². The van der Waals surface area contributed by atoms with Gasteiger partial charge in [-0.15, -0.1) is 0 Å². The highest BCUT2D eigenvalue weighted by Crippen LogP contribution is 2.42. The van der Waals surface area contributed by atoms with Crippen LogP contribution in [-0.2, 0) is 4.79 Å². The molecule has 154 valence electrons. The molecule has 2 fully saturated rings. The predicted octanol–water partition coefficient (Wildman–Crippen LogP) is 4.62. The van der Waals surface area contributed by atoms with Crippen molar-refractivity contribution in [2.24, 2.45) is 5.92 Å². The van der Waals surface area contributed by atoms with E-state index in [1.54, 1.807) is 4.90 Å². The number of hydrogen-bond donors (Lipinski definition) is 1. The molecule has 4 nitrogen and oxygen atoms in total. The van der Waals surface area contributed by atoms with E-state index in [4.69, 9.17) is 0 Å². The summed E-state index contributed by atoms with van der Waals surface area (Å²) in [6.45, 7) is -0.114. The number of nitrogens with zero attached hydrogens (tertiary/aromatic N) is 2. The standard InChI is InChI=1S/C26H28N2O2/c27-17-23-25(24(18-29)28(23)26(30)22-9-5-2-6-10-22)21-15-13-20(14-16-21)12-11-19-7-3-1-4-8-19/h1,3-4,7-8,11-16,22-25,29H,2,5-6,9-10,18H2/b12-11+/t23-,24+,25+/m0/s1. The lowest BCUT2D eigenvalue weighted by atomic mass is 9.74. The van der Waals surface area contributed by atoms with Crippen LogP contribution in [0.1, 0.15) is 54.7 Å². The van der Waals surface area contributed by atoms with E-state index in [2.05, 4.69) is 30.4 Å². The van der Waals surface area contributed by atoms with Gasteiger partial charge in [0.05, 0.1) is 18.7 Å². The molecule has 1 N–H and O–H groups in total. The molecular formula is C26H28N2O2. The van der Waals surface area contributed by atoms with Crippen LogP contribution >= 0.6 is 0 Å². The van der Waals surface area contributed by atoms with Gasteiger partial charge < -0.3 is 10.0 Å². The molecule has 0 unspecified atom stereocenters. The van der Waals surface area contributed by atoms with Crippen LogP contribution in [0.25, 0.3) is 12.2 Å². The van der Waals surface area contributed by atoms with Crippen LogP contribution in [0.5, 0.6) is 0 Å². The van der Waals surface area contributed by atoms with Crippen LogP contribution in [0, 0.1) is 17.2 Å². The van der Waals surface area contributed by atoms with Crippen molar-refractivity contribution in [2.75, 3.05) is 6.61 Å². The molecule has 4 rings (SSSR count). The summed E-state index contributed by atoms with van der Waals surface area (Å²) in [5.41, 5.74) is 3.22. The highest BCUT2D eigenvalue weighted by atomic mass is 16.3. The smallest absolute Gasteiger partial charge is 0.227 e. The maximum absolute atomic E-state index is 13.0. The number of rotatable bonds is 5. The molecule has 1 amide bonds. The van der Waals surface area contributed by atoms with Gasteiger partial charge in [0.1, 0.15) is 6.04 Å². The van der Waals surface area contributed by atoms with Crippen molar-refractivity contribution >= 4 is 18.1 Å². The third-order valence-corrected chi connectivity index (χ3v) is 6.53. The molecule has 0 bridgehead atoms. The van der Waals surface area contributed by atoms with Gasteiger partial charge in [0.25, 0.3) is 0 Å². The fourth-order valence-electron chi connectivity index (χ4n) is 4.86. The largest absolute Gasteiger partial charge is 0.394 e. The summed E-state index contributed by atoms with van der Waals surface area (Å²) in [6, 6.07) is 19.7. The van der Waals surface area contributed by atoms with Crippen LogP contribution in [0.2, 0.25) is 0 Å². The van der Waals surface area contributed by atoms with E-state index in [9.17, 15) is 15.2 Å². The van der Waals surface area contributed by atoms with Gasteiger partial charge in [-0.1, -0.05) is 86.0 Å². The normalized spacial score (nSPS) is 24.4. The first-order valence-electron chi connectivity index (χ1n) is 10.9. The first-order chi connectivity index (χ1) is 14.7. The molecule has 0 spiro atoms. The molecule has 3 atom stereocenters. The molecule has 2 aromatic rings. The summed E-state index contributed by atoms with van der Waals surface area (Å²) in [4.78, 5) is 14.7. The quantitative estimate of drug-likeness (QED) is 0.745. The zero-order chi connectivity index (χ0) is 20.9. The predicted molar refractivity (Wildman–Crippen MR) is 118 cm³/mol. The lowest BCUT2D eigenvalue weighted by Crippen LogP contribution is -2.66. The second-order valence-corrected chi connectivity index (χ2v) is 8.34. The molecule has 1 aliphatic heterocycles. The monoisotopic (exact) mass is 400 g/mol. The number of carbonyl (C=O) groups is 1. The van der Waals surface area contributed by atoms with Gasteiger partial charge in [-0.25, -0.2) is 0 Å². The molecule has 1 heterocycles. The maximum atomic E-state index is 13.0. The van der Waals surface area contributed by atoms with Crippen molar-refractivity contribution in [3.63, 3.8) is 0 Å². The number of carbonyl (C=O) groups excluding carboxylic acids is 1. The number of likely N-dealkylation sites (tertiary alicyclic amines) is 1. The van der Waals surface area contributed by atoms with E-state index in [-0.39, 0.29) is 30.4 Å². The van der Waals surface area contributed by atoms with Gasteiger partial charge in [0, 0.05) is 11.8 Å². The van der Waals surface area contributed by atoms with Crippen LogP contribution < -0.4 is 0 Å². The average Bonchev–Trinajstić information content (AvgIpc) is 2.79. The van der Waals surface area contributed by atoms with Gasteiger partial charge in [-0.3, -0.25) is 4.79 Å². The summed E-state index contributed by atoms with van der Waals surface area (Å²) in [5, 5.41) is 19.8. The summed E-state index contributed by atoms with van der Waals surface area (Å²) < 4.78 is 0. The third-order valence-electron chi connectivity index (χ3n) is 6.53. The molecule has 1 saturated heterocycles. The summed E-state index contributed by atoms with van der Waals surface area (Å²) in [7, 11) is 0. The number of aliphatic hydroxyl groups excluding tert-OH is 1. The number of nitriles is 1. The van der Waals surface area contributed by atoms with Gasteiger partial charge in [0.2, 0.25) is 5.91 Å². The minimum absolute atomic E-state index is 0.00935. The number of hydrogen-bond acceptors (Lipinski definition) is 3. The second kappa shape index (κ2) is 9.28. The van der Waals surface area contributed by atoms with Gasteiger partial charge in [0.15, 0.2) is 0 Å². The minimum atomic E-state index is -0.498. The SMILES string of the molecule is N#C[C@H]1[C@@H](c2ccc(/C=C/c3ccccc3)cc2)[C@@H](CO)N1C(=O)C1CCCCC1. The highest BCUT2D eigenvalue weighted by molar-refractivity contribution is 5.81. The number of amides is 1. The van der Waals surface area contributed by atoms with E-state index < -0.39 is 6.04 Å². The van der Waals surface area contributed by atoms with Crippen molar-refractivity contribution in [3.8, 4) is 6.07 Å². The van der Waals surface area contributed by atoms with E-state index in [1.165, 1.54) is 6.42 Å². The third kappa shape index (κ3) is 4.04. The maximum Gasteiger partial charge on any atom is 0.227 e. The Morgan fingerprint density at radius 2 is 1.63 bits per heavy atom. The first kappa shape index (κ1) is 20.4. The summed E-state index contributed by atoms with van der Waals surface area (Å²) in [5.74, 6) is -0.0752. The van der Waals surface area contributed by atoms with Gasteiger partial charge in [-0.2, -0.15) is 5.26 Å². The Hall–Kier alpha value is -2.90. The van der Waals surface area contributed by atoms with Crippen LogP contribution in [-0.4, -0.2) is 34.6 Å². The molecule has 2 aliphatic rings. The molecule has 2 aromatic carbocycles. The van der Waals surface area contributed by atoms with Crippen molar-refractivity contribution in [1.82, 2.24) is 4.90 Å². The minimum Gasteiger partial charge on any atom is -0.394 e. The van der Waals surface area contributed by atoms with Gasteiger partial charge >= 0.3 is 0 Å². The Morgan fingerprint density at radius 1 is 1.00 bits per heavy atom. The average molecular weight is 401 g/mol. The fraction of sp³-hybridized carbons (Fsp3) is 0.385. The van der Waals surface area contributed by atoms with Crippen molar-refractivity contribution < 1.29 is 9.90 Å². The molecule has 1 aliphatic carbocycles. The number of aliphatic hydroxyl groups is 1. The Bertz CT molecular complexity index is 924. The highest BCUT2D eigenvalue weighted by Gasteiger charge is 2.52. The Kier molecular flexibility index (Phi) is 6.30. The Morgan fingerprint density at radius 3 is 2.23 bits per heavy atom. The number of benzene rings is 2. The van der Waals surface area contributed by atoms with Crippen molar-refractivity contribution in [1.29, 1.82) is 5.26 Å². The Labute approximate surface area is 178 Å². The van der Waals surface area contributed by atoms with E-state index in [0.29, 0.717) is 0 Å². The zero-order valence-electron chi connectivity index (χ0n) is 17.2. The topological polar surface area (TPSA) is 64.3 Å². The Balaban J connectivity index is 1.48. The zero-order valence-corrected chi connectivity index (χ0v) is 17.2. The van der Waals surface area contributed by atoms with Crippen LogP contribution in [0.15, 0.2) is 54.6 Å². The molecule has 0 radical (unpaired) electrons. The van der Waals surface area contributed by atoms with Crippen LogP contribution in [0.3, 0.4) is 0 Å². The first-order valence-corrected chi connectivity index (χ1v) is 10.9. The summed E-state index contributed by atoms with van der Waals surface area (Å²) >= 11 is 0. The lowest BCUT2D eigenvalue weighted by molar-refractivity contribution is -0.152. The molecular weight excluding hydrogens is 372 g/mol. The molecule has 4 heteroatoms. The van der Waals surface area contributed by atoms with E-state index >= 15 is 0 Å². The fourth-order valence-corrected chi connectivity index (χ4v) is 4.86. The molecule has 30 heavy (non-hydrogen) atoms. The van der Waals surface area contributed by atoms with Crippen molar-refractivity contribution in [2.45, 2.75) is 50.1 Å². The summed E-state index contributed by atoms with van der Waals surface area (Å²) in [6.07, 6.45) is 9.26. The lowest BCUT2D eigenvalue weighted by Gasteiger charge is -2.52.